The van der Waals surface area contributed by atoms with E-state index in [1.54, 1.807) is 7.11 Å². The van der Waals surface area contributed by atoms with Crippen molar-refractivity contribution in [2.24, 2.45) is 0 Å². The lowest BCUT2D eigenvalue weighted by Crippen LogP contribution is -2.37. The van der Waals surface area contributed by atoms with Crippen LogP contribution in [0.5, 0.6) is 5.75 Å². The Kier molecular flexibility index (Phi) is 5.64. The van der Waals surface area contributed by atoms with E-state index < -0.39 is 11.8 Å². The number of fused-ring (bicyclic) bond motifs is 1. The van der Waals surface area contributed by atoms with Crippen molar-refractivity contribution in [2.75, 3.05) is 30.9 Å². The number of carbonyl (C=O) groups is 2. The number of ether oxygens (including phenoxy) is 1. The van der Waals surface area contributed by atoms with Gasteiger partial charge in [0.2, 0.25) is 0 Å². The summed E-state index contributed by atoms with van der Waals surface area (Å²) in [4.78, 5) is 26.8. The molecule has 0 saturated carbocycles. The van der Waals surface area contributed by atoms with E-state index in [2.05, 4.69) is 22.6 Å². The second-order valence-electron chi connectivity index (χ2n) is 6.76. The fraction of sp³-hybridized carbons (Fsp3) is 0.333. The third-order valence-electron chi connectivity index (χ3n) is 4.85. The summed E-state index contributed by atoms with van der Waals surface area (Å²) in [7, 11) is 3.64. The van der Waals surface area contributed by atoms with Crippen molar-refractivity contribution in [3.63, 3.8) is 0 Å². The third-order valence-corrected chi connectivity index (χ3v) is 4.85. The lowest BCUT2D eigenvalue weighted by Gasteiger charge is -2.27. The molecule has 6 heteroatoms. The zero-order valence-electron chi connectivity index (χ0n) is 15.9. The molecule has 0 fully saturated rings. The van der Waals surface area contributed by atoms with Crippen LogP contribution in [0.25, 0.3) is 0 Å². The number of amides is 2. The van der Waals surface area contributed by atoms with Gasteiger partial charge in [-0.05, 0) is 49.6 Å². The van der Waals surface area contributed by atoms with E-state index in [0.29, 0.717) is 11.4 Å². The predicted octanol–water partition coefficient (Wildman–Crippen LogP) is 2.89. The van der Waals surface area contributed by atoms with Gasteiger partial charge < -0.3 is 20.3 Å². The van der Waals surface area contributed by atoms with Crippen molar-refractivity contribution in [3.8, 4) is 5.75 Å². The number of benzene rings is 2. The van der Waals surface area contributed by atoms with Crippen LogP contribution in [0.4, 0.5) is 11.4 Å². The average molecular weight is 367 g/mol. The first-order chi connectivity index (χ1) is 13.0. The van der Waals surface area contributed by atoms with Crippen molar-refractivity contribution in [2.45, 2.75) is 25.8 Å². The molecule has 3 rings (SSSR count). The van der Waals surface area contributed by atoms with E-state index in [0.717, 1.165) is 24.9 Å². The number of para-hydroxylation sites is 1. The van der Waals surface area contributed by atoms with Gasteiger partial charge in [-0.2, -0.15) is 0 Å². The summed E-state index contributed by atoms with van der Waals surface area (Å²) in [6.07, 6.45) is 2.05. The van der Waals surface area contributed by atoms with E-state index in [1.807, 2.05) is 49.4 Å². The van der Waals surface area contributed by atoms with Gasteiger partial charge >= 0.3 is 11.8 Å². The molecular weight excluding hydrogens is 342 g/mol. The largest absolute Gasteiger partial charge is 0.496 e. The molecular formula is C21H25N3O3. The van der Waals surface area contributed by atoms with Crippen LogP contribution in [0.15, 0.2) is 42.5 Å². The van der Waals surface area contributed by atoms with Crippen LogP contribution in [-0.2, 0) is 16.0 Å². The molecule has 0 aromatic heterocycles. The zero-order valence-corrected chi connectivity index (χ0v) is 15.9. The number of hydrogen-bond acceptors (Lipinski definition) is 4. The molecule has 27 heavy (non-hydrogen) atoms. The quantitative estimate of drug-likeness (QED) is 0.815. The predicted molar refractivity (Wildman–Crippen MR) is 106 cm³/mol. The Balaban J connectivity index is 1.65. The smallest absolute Gasteiger partial charge is 0.313 e. The van der Waals surface area contributed by atoms with Crippen LogP contribution in [0.3, 0.4) is 0 Å². The van der Waals surface area contributed by atoms with Gasteiger partial charge in [0.05, 0.1) is 13.2 Å². The molecule has 2 amide bonds. The molecule has 142 valence electrons. The molecule has 1 aliphatic heterocycles. The van der Waals surface area contributed by atoms with Crippen LogP contribution in [0.1, 0.15) is 30.5 Å². The van der Waals surface area contributed by atoms with Gasteiger partial charge in [-0.25, -0.2) is 0 Å². The molecule has 0 unspecified atom stereocenters. The first-order valence-corrected chi connectivity index (χ1v) is 9.08. The molecule has 0 radical (unpaired) electrons. The molecule has 6 nitrogen and oxygen atoms in total. The molecule has 0 saturated heterocycles. The van der Waals surface area contributed by atoms with Crippen LogP contribution in [0, 0.1) is 0 Å². The fourth-order valence-electron chi connectivity index (χ4n) is 3.41. The summed E-state index contributed by atoms with van der Waals surface area (Å²) < 4.78 is 5.31. The van der Waals surface area contributed by atoms with Crippen molar-refractivity contribution >= 4 is 23.2 Å². The number of methoxy groups -OCH3 is 1. The highest BCUT2D eigenvalue weighted by molar-refractivity contribution is 6.39. The van der Waals surface area contributed by atoms with E-state index in [9.17, 15) is 9.59 Å². The topological polar surface area (TPSA) is 70.7 Å². The number of nitrogens with zero attached hydrogens (tertiary/aromatic N) is 1. The average Bonchev–Trinajstić information content (AvgIpc) is 2.67. The Morgan fingerprint density at radius 3 is 2.70 bits per heavy atom. The van der Waals surface area contributed by atoms with E-state index in [-0.39, 0.29) is 6.04 Å². The zero-order chi connectivity index (χ0) is 19.4. The van der Waals surface area contributed by atoms with Crippen molar-refractivity contribution in [1.29, 1.82) is 0 Å². The highest BCUT2D eigenvalue weighted by Crippen LogP contribution is 2.28. The molecule has 0 aliphatic carbocycles. The number of carbonyl (C=O) groups excluding carboxylic acids is 2. The number of aryl methyl sites for hydroxylation is 1. The number of nitrogens with one attached hydrogen (secondary N) is 2. The first-order valence-electron chi connectivity index (χ1n) is 9.08. The van der Waals surface area contributed by atoms with E-state index in [1.165, 1.54) is 11.3 Å². The number of anilines is 2. The van der Waals surface area contributed by atoms with Crippen molar-refractivity contribution in [1.82, 2.24) is 5.32 Å². The minimum absolute atomic E-state index is 0.350. The van der Waals surface area contributed by atoms with Crippen LogP contribution in [-0.4, -0.2) is 32.5 Å². The maximum atomic E-state index is 12.3. The summed E-state index contributed by atoms with van der Waals surface area (Å²) in [6, 6.07) is 12.8. The molecule has 1 atom stereocenters. The third kappa shape index (κ3) is 4.22. The molecule has 2 aromatic carbocycles. The maximum absolute atomic E-state index is 12.3. The van der Waals surface area contributed by atoms with Crippen LogP contribution in [0.2, 0.25) is 0 Å². The summed E-state index contributed by atoms with van der Waals surface area (Å²) in [5.41, 5.74) is 3.81. The lowest BCUT2D eigenvalue weighted by atomic mass is 10.0. The summed E-state index contributed by atoms with van der Waals surface area (Å²) in [6.45, 7) is 2.85. The second-order valence-corrected chi connectivity index (χ2v) is 6.76. The number of rotatable bonds is 4. The maximum Gasteiger partial charge on any atom is 0.313 e. The van der Waals surface area contributed by atoms with Gasteiger partial charge in [0.15, 0.2) is 0 Å². The Morgan fingerprint density at radius 1 is 1.15 bits per heavy atom. The van der Waals surface area contributed by atoms with Gasteiger partial charge in [-0.15, -0.1) is 0 Å². The molecule has 1 heterocycles. The highest BCUT2D eigenvalue weighted by atomic mass is 16.5. The number of hydrogen-bond donors (Lipinski definition) is 2. The second kappa shape index (κ2) is 8.12. The van der Waals surface area contributed by atoms with Crippen LogP contribution >= 0.6 is 0 Å². The Labute approximate surface area is 159 Å². The van der Waals surface area contributed by atoms with Crippen LogP contribution < -0.4 is 20.3 Å². The normalized spacial score (nSPS) is 14.1. The Hall–Kier alpha value is -3.02. The lowest BCUT2D eigenvalue weighted by molar-refractivity contribution is -0.136. The fourth-order valence-corrected chi connectivity index (χ4v) is 3.41. The molecule has 1 aliphatic rings. The van der Waals surface area contributed by atoms with Gasteiger partial charge in [0.25, 0.3) is 0 Å². The molecule has 0 spiro atoms. The standard InChI is InChI=1S/C21H25N3O3/c1-14(17-8-4-5-9-19(17)27-3)22-20(25)21(26)23-16-10-11-18-15(13-16)7-6-12-24(18)2/h4-5,8-11,13-14H,6-7,12H2,1-3H3,(H,22,25)(H,23,26)/t14-/m0/s1. The highest BCUT2D eigenvalue weighted by Gasteiger charge is 2.20. The van der Waals surface area contributed by atoms with Gasteiger partial charge in [0.1, 0.15) is 5.75 Å². The summed E-state index contributed by atoms with van der Waals surface area (Å²) in [5, 5.41) is 5.41. The van der Waals surface area contributed by atoms with Gasteiger partial charge in [-0.3, -0.25) is 9.59 Å². The SMILES string of the molecule is COc1ccccc1[C@H](C)NC(=O)C(=O)Nc1ccc2c(c1)CCCN2C. The van der Waals surface area contributed by atoms with Gasteiger partial charge in [0, 0.05) is 30.5 Å². The summed E-state index contributed by atoms with van der Waals surface area (Å²) in [5.74, 6) is -0.686. The molecule has 2 aromatic rings. The van der Waals surface area contributed by atoms with E-state index >= 15 is 0 Å². The van der Waals surface area contributed by atoms with Crippen molar-refractivity contribution in [3.05, 3.63) is 53.6 Å². The minimum Gasteiger partial charge on any atom is -0.496 e. The first kappa shape index (κ1) is 18.8. The Morgan fingerprint density at radius 2 is 1.93 bits per heavy atom. The Bertz CT molecular complexity index is 850. The minimum atomic E-state index is -0.680. The van der Waals surface area contributed by atoms with E-state index in [4.69, 9.17) is 4.74 Å². The summed E-state index contributed by atoms with van der Waals surface area (Å²) >= 11 is 0. The van der Waals surface area contributed by atoms with Gasteiger partial charge in [-0.1, -0.05) is 18.2 Å². The van der Waals surface area contributed by atoms with Crippen molar-refractivity contribution < 1.29 is 14.3 Å². The monoisotopic (exact) mass is 367 g/mol. The molecule has 2 N–H and O–H groups in total. The molecule has 0 bridgehead atoms.